The second-order valence-electron chi connectivity index (χ2n) is 5.43. The van der Waals surface area contributed by atoms with Crippen LogP contribution >= 0.6 is 0 Å². The van der Waals surface area contributed by atoms with Crippen LogP contribution < -0.4 is 0 Å². The van der Waals surface area contributed by atoms with Crippen LogP contribution in [0.1, 0.15) is 34.8 Å². The molecule has 1 aliphatic carbocycles. The number of fused-ring (bicyclic) bond motifs is 1. The van der Waals surface area contributed by atoms with Gasteiger partial charge in [0.2, 0.25) is 0 Å². The van der Waals surface area contributed by atoms with Gasteiger partial charge in [-0.3, -0.25) is 0 Å². The van der Waals surface area contributed by atoms with Gasteiger partial charge in [0, 0.05) is 0 Å². The zero-order valence-electron chi connectivity index (χ0n) is 11.3. The maximum Gasteiger partial charge on any atom is 0.121 e. The number of phenolic OH excluding ortho intramolecular Hbond substituents is 1. The summed E-state index contributed by atoms with van der Waals surface area (Å²) in [6.07, 6.45) is 1.47. The van der Waals surface area contributed by atoms with Crippen LogP contribution in [0.5, 0.6) is 5.75 Å². The lowest BCUT2D eigenvalue weighted by molar-refractivity contribution is 0.180. The molecule has 0 amide bonds. The van der Waals surface area contributed by atoms with E-state index in [1.54, 1.807) is 0 Å². The second-order valence-corrected chi connectivity index (χ2v) is 5.43. The van der Waals surface area contributed by atoms with Crippen molar-refractivity contribution < 1.29 is 10.2 Å². The van der Waals surface area contributed by atoms with Crippen LogP contribution in [0.3, 0.4) is 0 Å². The van der Waals surface area contributed by atoms with E-state index >= 15 is 0 Å². The minimum absolute atomic E-state index is 0.299. The van der Waals surface area contributed by atoms with Crippen LogP contribution in [0.4, 0.5) is 0 Å². The van der Waals surface area contributed by atoms with Crippen LogP contribution in [-0.2, 0) is 6.42 Å². The van der Waals surface area contributed by atoms with Crippen molar-refractivity contribution in [3.63, 3.8) is 0 Å². The van der Waals surface area contributed by atoms with E-state index < -0.39 is 0 Å². The third kappa shape index (κ3) is 2.02. The summed E-state index contributed by atoms with van der Waals surface area (Å²) in [5.41, 5.74) is 6.38. The minimum Gasteiger partial charge on any atom is -0.507 e. The number of aryl methyl sites for hydroxylation is 3. The fourth-order valence-electron chi connectivity index (χ4n) is 2.90. The van der Waals surface area contributed by atoms with Gasteiger partial charge in [0.05, 0.1) is 6.10 Å². The fourth-order valence-corrected chi connectivity index (χ4v) is 2.90. The first-order chi connectivity index (χ1) is 9.06. The quantitative estimate of drug-likeness (QED) is 0.815. The number of hydrogen-bond acceptors (Lipinski definition) is 2. The summed E-state index contributed by atoms with van der Waals surface area (Å²) in [5, 5.41) is 19.7. The molecule has 0 saturated heterocycles. The van der Waals surface area contributed by atoms with E-state index in [9.17, 15) is 10.2 Å². The van der Waals surface area contributed by atoms with E-state index in [0.29, 0.717) is 5.75 Å². The lowest BCUT2D eigenvalue weighted by Crippen LogP contribution is -1.91. The summed E-state index contributed by atoms with van der Waals surface area (Å²) in [7, 11) is 0. The molecule has 1 atom stereocenters. The Kier molecular flexibility index (Phi) is 2.83. The molecule has 0 radical (unpaired) electrons. The second kappa shape index (κ2) is 4.39. The van der Waals surface area contributed by atoms with Gasteiger partial charge >= 0.3 is 0 Å². The molecule has 0 heterocycles. The highest BCUT2D eigenvalue weighted by Crippen LogP contribution is 2.35. The fraction of sp³-hybridized carbons (Fsp3) is 0.294. The maximum absolute atomic E-state index is 9.83. The lowest BCUT2D eigenvalue weighted by atomic mass is 9.97. The van der Waals surface area contributed by atoms with E-state index in [1.165, 1.54) is 5.56 Å². The molecule has 3 rings (SSSR count). The van der Waals surface area contributed by atoms with Gasteiger partial charge in [0.15, 0.2) is 0 Å². The van der Waals surface area contributed by atoms with Crippen molar-refractivity contribution in [1.82, 2.24) is 0 Å². The molecule has 0 saturated carbocycles. The number of rotatable bonds is 1. The molecule has 2 heteroatoms. The van der Waals surface area contributed by atoms with Crippen molar-refractivity contribution >= 4 is 0 Å². The van der Waals surface area contributed by atoms with E-state index in [4.69, 9.17) is 0 Å². The highest BCUT2D eigenvalue weighted by molar-refractivity contribution is 5.68. The summed E-state index contributed by atoms with van der Waals surface area (Å²) in [4.78, 5) is 0. The van der Waals surface area contributed by atoms with Crippen LogP contribution in [-0.4, -0.2) is 10.2 Å². The van der Waals surface area contributed by atoms with Crippen molar-refractivity contribution in [2.75, 3.05) is 0 Å². The SMILES string of the molecule is Cc1cc(-c2ccc3c(c2)CC[C@@H]3O)cc(C)c1O. The van der Waals surface area contributed by atoms with Gasteiger partial charge < -0.3 is 10.2 Å². The van der Waals surface area contributed by atoms with E-state index in [0.717, 1.165) is 40.7 Å². The number of hydrogen-bond donors (Lipinski definition) is 2. The van der Waals surface area contributed by atoms with Gasteiger partial charge in [-0.15, -0.1) is 0 Å². The molecule has 19 heavy (non-hydrogen) atoms. The van der Waals surface area contributed by atoms with Gasteiger partial charge in [-0.2, -0.15) is 0 Å². The highest BCUT2D eigenvalue weighted by atomic mass is 16.3. The first kappa shape index (κ1) is 12.2. The molecule has 0 fully saturated rings. The Morgan fingerprint density at radius 3 is 2.37 bits per heavy atom. The summed E-state index contributed by atoms with van der Waals surface area (Å²) < 4.78 is 0. The van der Waals surface area contributed by atoms with Gasteiger partial charge in [0.1, 0.15) is 5.75 Å². The summed E-state index contributed by atoms with van der Waals surface area (Å²) >= 11 is 0. The summed E-state index contributed by atoms with van der Waals surface area (Å²) in [6.45, 7) is 3.84. The third-order valence-corrected chi connectivity index (χ3v) is 4.01. The monoisotopic (exact) mass is 254 g/mol. The topological polar surface area (TPSA) is 40.5 Å². The first-order valence-electron chi connectivity index (χ1n) is 6.68. The van der Waals surface area contributed by atoms with Crippen LogP contribution in [0.25, 0.3) is 11.1 Å². The molecule has 0 unspecified atom stereocenters. The molecule has 0 bridgehead atoms. The zero-order chi connectivity index (χ0) is 13.6. The molecule has 0 aliphatic heterocycles. The predicted octanol–water partition coefficient (Wildman–Crippen LogP) is 3.66. The summed E-state index contributed by atoms with van der Waals surface area (Å²) in [5.74, 6) is 0.375. The predicted molar refractivity (Wildman–Crippen MR) is 76.3 cm³/mol. The molecule has 2 N–H and O–H groups in total. The molecule has 2 aromatic carbocycles. The molecule has 98 valence electrons. The van der Waals surface area contributed by atoms with E-state index in [-0.39, 0.29) is 6.10 Å². The summed E-state index contributed by atoms with van der Waals surface area (Å²) in [6, 6.07) is 10.3. The van der Waals surface area contributed by atoms with Crippen LogP contribution in [0, 0.1) is 13.8 Å². The number of benzene rings is 2. The van der Waals surface area contributed by atoms with Crippen molar-refractivity contribution in [2.45, 2.75) is 32.8 Å². The smallest absolute Gasteiger partial charge is 0.121 e. The molecule has 0 aromatic heterocycles. The molecule has 0 spiro atoms. The van der Waals surface area contributed by atoms with Crippen LogP contribution in [0.15, 0.2) is 30.3 Å². The van der Waals surface area contributed by atoms with Crippen molar-refractivity contribution in [2.24, 2.45) is 0 Å². The van der Waals surface area contributed by atoms with Gasteiger partial charge in [-0.1, -0.05) is 18.2 Å². The van der Waals surface area contributed by atoms with E-state index in [2.05, 4.69) is 12.1 Å². The molecule has 2 aromatic rings. The van der Waals surface area contributed by atoms with Crippen molar-refractivity contribution in [3.8, 4) is 16.9 Å². The Bertz CT molecular complexity index is 621. The van der Waals surface area contributed by atoms with Crippen LogP contribution in [0.2, 0.25) is 0 Å². The Morgan fingerprint density at radius 2 is 1.68 bits per heavy atom. The standard InChI is InChI=1S/C17H18O2/c1-10-7-14(8-11(2)17(10)19)12-3-5-15-13(9-12)4-6-16(15)18/h3,5,7-9,16,18-19H,4,6H2,1-2H3/t16-/m0/s1. The Hall–Kier alpha value is -1.80. The largest absolute Gasteiger partial charge is 0.507 e. The number of aromatic hydroxyl groups is 1. The van der Waals surface area contributed by atoms with Gasteiger partial charge in [-0.05, 0) is 72.2 Å². The number of phenols is 1. The molecular weight excluding hydrogens is 236 g/mol. The molecular formula is C17H18O2. The number of aliphatic hydroxyl groups is 1. The molecule has 1 aliphatic rings. The Balaban J connectivity index is 2.08. The van der Waals surface area contributed by atoms with Crippen molar-refractivity contribution in [3.05, 3.63) is 52.6 Å². The zero-order valence-corrected chi connectivity index (χ0v) is 11.3. The average molecular weight is 254 g/mol. The highest BCUT2D eigenvalue weighted by Gasteiger charge is 2.20. The normalized spacial score (nSPS) is 17.5. The van der Waals surface area contributed by atoms with E-state index in [1.807, 2.05) is 32.0 Å². The van der Waals surface area contributed by atoms with Gasteiger partial charge in [0.25, 0.3) is 0 Å². The van der Waals surface area contributed by atoms with Gasteiger partial charge in [-0.25, -0.2) is 0 Å². The Labute approximate surface area is 113 Å². The maximum atomic E-state index is 9.83. The minimum atomic E-state index is -0.299. The Morgan fingerprint density at radius 1 is 1.00 bits per heavy atom. The molecule has 2 nitrogen and oxygen atoms in total. The number of aliphatic hydroxyl groups excluding tert-OH is 1. The average Bonchev–Trinajstić information content (AvgIpc) is 2.76. The van der Waals surface area contributed by atoms with Crippen molar-refractivity contribution in [1.29, 1.82) is 0 Å². The first-order valence-corrected chi connectivity index (χ1v) is 6.68. The lowest BCUT2D eigenvalue weighted by Gasteiger charge is -2.10. The third-order valence-electron chi connectivity index (χ3n) is 4.01.